The highest BCUT2D eigenvalue weighted by molar-refractivity contribution is 4.36. The lowest BCUT2D eigenvalue weighted by atomic mass is 10.7. The molecule has 0 saturated carbocycles. The Labute approximate surface area is 33.0 Å². The van der Waals surface area contributed by atoms with E-state index in [1.165, 1.54) is 0 Å². The molecule has 0 spiro atoms. The fourth-order valence-electron chi connectivity index (χ4n) is 0. The molecule has 4 heteroatoms. The lowest BCUT2D eigenvalue weighted by Gasteiger charge is -1.97. The molecule has 1 unspecified atom stereocenters. The van der Waals surface area contributed by atoms with Gasteiger partial charge in [0, 0.05) is 0 Å². The standard InChI is InChI=1S/C2H3F2O2/c3-1-2(4,5)6/h5H,1H2. The number of aliphatic hydroxyl groups is 1. The van der Waals surface area contributed by atoms with Gasteiger partial charge in [-0.15, -0.1) is 0 Å². The van der Waals surface area contributed by atoms with Crippen LogP contribution in [-0.4, -0.2) is 17.8 Å². The summed E-state index contributed by atoms with van der Waals surface area (Å²) in [4.78, 5) is 0. The second-order valence-corrected chi connectivity index (χ2v) is 0.823. The third-order valence-corrected chi connectivity index (χ3v) is 0.165. The Balaban J connectivity index is 3.17. The first-order valence-electron chi connectivity index (χ1n) is 1.24. The molecule has 2 nitrogen and oxygen atoms in total. The summed E-state index contributed by atoms with van der Waals surface area (Å²) in [7, 11) is 0. The van der Waals surface area contributed by atoms with Crippen LogP contribution in [0.2, 0.25) is 0 Å². The minimum atomic E-state index is -3.88. The van der Waals surface area contributed by atoms with E-state index in [9.17, 15) is 8.78 Å². The smallest absolute Gasteiger partial charge is 0.336 e. The summed E-state index contributed by atoms with van der Waals surface area (Å²) in [6.07, 6.45) is 0. The molecule has 0 rings (SSSR count). The summed E-state index contributed by atoms with van der Waals surface area (Å²) in [5.74, 6) is 0. The molecule has 1 radical (unpaired) electrons. The molecule has 0 aromatic heterocycles. The van der Waals surface area contributed by atoms with E-state index in [1.807, 2.05) is 0 Å². The van der Waals surface area contributed by atoms with Gasteiger partial charge in [-0.3, -0.25) is 0 Å². The Bertz CT molecular complexity index is 39.3. The predicted octanol–water partition coefficient (Wildman–Crippen LogP) is 0.00200. The lowest BCUT2D eigenvalue weighted by molar-refractivity contribution is -0.301. The Morgan fingerprint density at radius 3 is 2.00 bits per heavy atom. The number of alkyl halides is 2. The van der Waals surface area contributed by atoms with E-state index in [2.05, 4.69) is 0 Å². The van der Waals surface area contributed by atoms with Crippen LogP contribution in [0.1, 0.15) is 0 Å². The largest absolute Gasteiger partial charge is 0.373 e. The fourth-order valence-corrected chi connectivity index (χ4v) is 0. The van der Waals surface area contributed by atoms with E-state index in [0.29, 0.717) is 0 Å². The summed E-state index contributed by atoms with van der Waals surface area (Å²) in [6, 6.07) is -3.88. The summed E-state index contributed by atoms with van der Waals surface area (Å²) in [5, 5.41) is 16.2. The zero-order chi connectivity index (χ0) is 5.21. The molecule has 0 aromatic rings. The van der Waals surface area contributed by atoms with Gasteiger partial charge in [0.2, 0.25) is 0 Å². The first-order valence-corrected chi connectivity index (χ1v) is 1.24. The summed E-state index contributed by atoms with van der Waals surface area (Å²) >= 11 is 0. The summed E-state index contributed by atoms with van der Waals surface area (Å²) in [6.45, 7) is -1.90. The number of halogens is 2. The van der Waals surface area contributed by atoms with E-state index in [-0.39, 0.29) is 0 Å². The molecule has 0 aliphatic carbocycles. The minimum absolute atomic E-state index is 1.90. The van der Waals surface area contributed by atoms with Crippen LogP contribution < -0.4 is 0 Å². The van der Waals surface area contributed by atoms with Crippen molar-refractivity contribution < 1.29 is 19.0 Å². The van der Waals surface area contributed by atoms with E-state index in [0.717, 1.165) is 0 Å². The van der Waals surface area contributed by atoms with Crippen LogP contribution in [0.4, 0.5) is 8.78 Å². The Kier molecular flexibility index (Phi) is 1.43. The van der Waals surface area contributed by atoms with Crippen molar-refractivity contribution in [2.75, 3.05) is 6.67 Å². The monoisotopic (exact) mass is 97.0 g/mol. The van der Waals surface area contributed by atoms with E-state index < -0.39 is 12.7 Å². The highest BCUT2D eigenvalue weighted by Gasteiger charge is 2.22. The van der Waals surface area contributed by atoms with Crippen molar-refractivity contribution in [3.8, 4) is 0 Å². The zero-order valence-corrected chi connectivity index (χ0v) is 2.82. The molecule has 0 fully saturated rings. The average molecular weight is 97.0 g/mol. The van der Waals surface area contributed by atoms with Crippen LogP contribution in [0.3, 0.4) is 0 Å². The maximum absolute atomic E-state index is 10.7. The van der Waals surface area contributed by atoms with Crippen LogP contribution >= 0.6 is 0 Å². The van der Waals surface area contributed by atoms with Crippen molar-refractivity contribution in [1.29, 1.82) is 0 Å². The van der Waals surface area contributed by atoms with Gasteiger partial charge < -0.3 is 5.11 Å². The van der Waals surface area contributed by atoms with Gasteiger partial charge in [-0.1, -0.05) is 0 Å². The van der Waals surface area contributed by atoms with Crippen molar-refractivity contribution in [2.45, 2.75) is 6.04 Å². The summed E-state index contributed by atoms with van der Waals surface area (Å²) < 4.78 is 21.3. The maximum atomic E-state index is 10.7. The van der Waals surface area contributed by atoms with Crippen LogP contribution in [0, 0.1) is 0 Å². The second-order valence-electron chi connectivity index (χ2n) is 0.823. The Morgan fingerprint density at radius 2 is 2.00 bits per heavy atom. The van der Waals surface area contributed by atoms with Gasteiger partial charge in [0.1, 0.15) is 0 Å². The normalized spacial score (nSPS) is 12.0. The molecule has 1 N–H and O–H groups in total. The highest BCUT2D eigenvalue weighted by Crippen LogP contribution is 1.99. The van der Waals surface area contributed by atoms with Gasteiger partial charge in [-0.25, -0.2) is 4.39 Å². The first kappa shape index (κ1) is 5.78. The van der Waals surface area contributed by atoms with Crippen molar-refractivity contribution in [2.24, 2.45) is 0 Å². The molecule has 0 aliphatic heterocycles. The second kappa shape index (κ2) is 1.49. The first-order chi connectivity index (χ1) is 2.56. The lowest BCUT2D eigenvalue weighted by Crippen LogP contribution is -2.20. The van der Waals surface area contributed by atoms with Gasteiger partial charge in [0.25, 0.3) is 0 Å². The van der Waals surface area contributed by atoms with Gasteiger partial charge >= 0.3 is 6.04 Å². The molecular formula is C2H3F2O2. The average Bonchev–Trinajstić information content (AvgIpc) is 1.35. The van der Waals surface area contributed by atoms with Crippen molar-refractivity contribution in [3.05, 3.63) is 0 Å². The van der Waals surface area contributed by atoms with Crippen molar-refractivity contribution >= 4 is 0 Å². The SMILES string of the molecule is [O]C(O)(F)CF. The molecule has 0 saturated heterocycles. The van der Waals surface area contributed by atoms with E-state index >= 15 is 0 Å². The predicted molar refractivity (Wildman–Crippen MR) is 12.7 cm³/mol. The van der Waals surface area contributed by atoms with E-state index in [1.54, 1.807) is 0 Å². The van der Waals surface area contributed by atoms with Gasteiger partial charge in [-0.05, 0) is 0 Å². The molecule has 0 aliphatic rings. The van der Waals surface area contributed by atoms with Gasteiger partial charge in [0.15, 0.2) is 6.67 Å². The minimum Gasteiger partial charge on any atom is -0.336 e. The van der Waals surface area contributed by atoms with Crippen LogP contribution in [0.5, 0.6) is 0 Å². The van der Waals surface area contributed by atoms with Crippen molar-refractivity contribution in [3.63, 3.8) is 0 Å². The molecule has 0 aromatic carbocycles. The molecule has 0 amide bonds. The number of hydrogen-bond donors (Lipinski definition) is 1. The molecule has 0 heterocycles. The third kappa shape index (κ3) is 3.78. The fraction of sp³-hybridized carbons (Fsp3) is 1.00. The quantitative estimate of drug-likeness (QED) is 0.459. The van der Waals surface area contributed by atoms with E-state index in [4.69, 9.17) is 10.2 Å². The molecule has 1 atom stereocenters. The third-order valence-electron chi connectivity index (χ3n) is 0.165. The Morgan fingerprint density at radius 1 is 1.83 bits per heavy atom. The van der Waals surface area contributed by atoms with Crippen LogP contribution in [0.15, 0.2) is 0 Å². The number of rotatable bonds is 1. The molecule has 37 valence electrons. The topological polar surface area (TPSA) is 40.1 Å². The zero-order valence-electron chi connectivity index (χ0n) is 2.82. The van der Waals surface area contributed by atoms with Gasteiger partial charge in [-0.2, -0.15) is 9.50 Å². The maximum Gasteiger partial charge on any atom is 0.373 e. The van der Waals surface area contributed by atoms with Crippen LogP contribution in [-0.2, 0) is 5.11 Å². The molecule has 0 bridgehead atoms. The van der Waals surface area contributed by atoms with Crippen LogP contribution in [0.25, 0.3) is 0 Å². The molecular weight excluding hydrogens is 94.0 g/mol. The number of hydrogen-bond acceptors (Lipinski definition) is 1. The highest BCUT2D eigenvalue weighted by atomic mass is 19.2. The summed E-state index contributed by atoms with van der Waals surface area (Å²) in [5.41, 5.74) is 0. The molecule has 6 heavy (non-hydrogen) atoms. The van der Waals surface area contributed by atoms with Gasteiger partial charge in [0.05, 0.1) is 0 Å². The van der Waals surface area contributed by atoms with Crippen molar-refractivity contribution in [1.82, 2.24) is 0 Å². The Hall–Kier alpha value is -0.220.